The van der Waals surface area contributed by atoms with Crippen molar-refractivity contribution in [3.63, 3.8) is 0 Å². The summed E-state index contributed by atoms with van der Waals surface area (Å²) in [7, 11) is 0. The van der Waals surface area contributed by atoms with Gasteiger partial charge in [0.15, 0.2) is 0 Å². The molecule has 0 radical (unpaired) electrons. The van der Waals surface area contributed by atoms with Crippen molar-refractivity contribution in [2.24, 2.45) is 5.92 Å². The van der Waals surface area contributed by atoms with E-state index in [-0.39, 0.29) is 0 Å². The second-order valence-corrected chi connectivity index (χ2v) is 5.37. The Hall–Kier alpha value is -1.51. The first-order chi connectivity index (χ1) is 8.99. The van der Waals surface area contributed by atoms with Gasteiger partial charge >= 0.3 is 5.97 Å². The highest BCUT2D eigenvalue weighted by Crippen LogP contribution is 2.22. The molecule has 0 unspecified atom stereocenters. The van der Waals surface area contributed by atoms with Crippen LogP contribution in [-0.2, 0) is 0 Å². The molecule has 19 heavy (non-hydrogen) atoms. The van der Waals surface area contributed by atoms with Crippen molar-refractivity contribution in [1.29, 1.82) is 0 Å². The van der Waals surface area contributed by atoms with Crippen LogP contribution in [0.2, 0.25) is 0 Å². The lowest BCUT2D eigenvalue weighted by molar-refractivity contribution is 0.0697. The molecule has 0 amide bonds. The van der Waals surface area contributed by atoms with Crippen LogP contribution in [0.3, 0.4) is 0 Å². The van der Waals surface area contributed by atoms with E-state index < -0.39 is 5.97 Å². The van der Waals surface area contributed by atoms with Gasteiger partial charge in [-0.2, -0.15) is 0 Å². The van der Waals surface area contributed by atoms with E-state index in [4.69, 9.17) is 5.11 Å². The Morgan fingerprint density at radius 3 is 2.05 bits per heavy atom. The van der Waals surface area contributed by atoms with Crippen LogP contribution in [0.5, 0.6) is 0 Å². The zero-order chi connectivity index (χ0) is 14.4. The van der Waals surface area contributed by atoms with Crippen LogP contribution in [-0.4, -0.2) is 23.7 Å². The van der Waals surface area contributed by atoms with E-state index >= 15 is 0 Å². The first-order valence-corrected chi connectivity index (χ1v) is 7.09. The number of nitrogens with zero attached hydrogens (tertiary/aromatic N) is 1. The van der Waals surface area contributed by atoms with Crippen LogP contribution in [0, 0.1) is 5.92 Å². The van der Waals surface area contributed by atoms with Crippen molar-refractivity contribution in [2.45, 2.75) is 46.6 Å². The molecule has 0 saturated carbocycles. The Morgan fingerprint density at radius 2 is 1.68 bits per heavy atom. The first-order valence-electron chi connectivity index (χ1n) is 7.09. The van der Waals surface area contributed by atoms with E-state index in [9.17, 15) is 4.79 Å². The summed E-state index contributed by atoms with van der Waals surface area (Å²) in [6.45, 7) is 9.82. The van der Waals surface area contributed by atoms with Gasteiger partial charge in [0.05, 0.1) is 5.56 Å². The van der Waals surface area contributed by atoms with E-state index in [1.165, 1.54) is 0 Å². The van der Waals surface area contributed by atoms with Crippen molar-refractivity contribution in [3.05, 3.63) is 29.8 Å². The van der Waals surface area contributed by atoms with E-state index in [1.54, 1.807) is 12.1 Å². The highest BCUT2D eigenvalue weighted by molar-refractivity contribution is 5.88. The summed E-state index contributed by atoms with van der Waals surface area (Å²) < 4.78 is 0. The Balaban J connectivity index is 2.99. The number of anilines is 1. The predicted octanol–water partition coefficient (Wildman–Crippen LogP) is 4.04. The third-order valence-electron chi connectivity index (χ3n) is 3.39. The maximum Gasteiger partial charge on any atom is 0.335 e. The minimum absolute atomic E-state index is 0.345. The van der Waals surface area contributed by atoms with Gasteiger partial charge < -0.3 is 10.0 Å². The summed E-state index contributed by atoms with van der Waals surface area (Å²) >= 11 is 0. The van der Waals surface area contributed by atoms with Crippen LogP contribution in [0.25, 0.3) is 0 Å². The summed E-state index contributed by atoms with van der Waals surface area (Å²) in [6.07, 6.45) is 2.20. The number of carboxylic acids is 1. The van der Waals surface area contributed by atoms with Gasteiger partial charge in [0, 0.05) is 18.3 Å². The third-order valence-corrected chi connectivity index (χ3v) is 3.39. The van der Waals surface area contributed by atoms with Crippen LogP contribution in [0.15, 0.2) is 24.3 Å². The lowest BCUT2D eigenvalue weighted by Crippen LogP contribution is -2.37. The molecule has 1 rings (SSSR count). The minimum atomic E-state index is -0.871. The van der Waals surface area contributed by atoms with Gasteiger partial charge in [0.2, 0.25) is 0 Å². The molecule has 0 fully saturated rings. The lowest BCUT2D eigenvalue weighted by Gasteiger charge is -2.34. The Bertz CT molecular complexity index is 394. The minimum Gasteiger partial charge on any atom is -0.478 e. The van der Waals surface area contributed by atoms with Crippen molar-refractivity contribution < 1.29 is 9.90 Å². The molecule has 1 N–H and O–H groups in total. The van der Waals surface area contributed by atoms with Crippen molar-refractivity contribution in [3.8, 4) is 0 Å². The fourth-order valence-corrected chi connectivity index (χ4v) is 2.38. The Kier molecular flexibility index (Phi) is 5.87. The predicted molar refractivity (Wildman–Crippen MR) is 80.0 cm³/mol. The van der Waals surface area contributed by atoms with Crippen LogP contribution in [0.4, 0.5) is 5.69 Å². The largest absolute Gasteiger partial charge is 0.478 e. The lowest BCUT2D eigenvalue weighted by atomic mass is 10.1. The average Bonchev–Trinajstić information content (AvgIpc) is 2.38. The van der Waals surface area contributed by atoms with Gasteiger partial charge in [0.1, 0.15) is 0 Å². The molecule has 3 heteroatoms. The van der Waals surface area contributed by atoms with E-state index in [1.807, 2.05) is 12.1 Å². The molecule has 0 aliphatic heterocycles. The average molecular weight is 263 g/mol. The Labute approximate surface area is 116 Å². The molecule has 0 aliphatic carbocycles. The molecule has 0 heterocycles. The highest BCUT2D eigenvalue weighted by Gasteiger charge is 2.17. The van der Waals surface area contributed by atoms with E-state index in [2.05, 4.69) is 32.6 Å². The molecular weight excluding hydrogens is 238 g/mol. The van der Waals surface area contributed by atoms with Gasteiger partial charge in [-0.15, -0.1) is 0 Å². The van der Waals surface area contributed by atoms with Gasteiger partial charge in [-0.25, -0.2) is 4.79 Å². The number of benzene rings is 1. The summed E-state index contributed by atoms with van der Waals surface area (Å²) in [4.78, 5) is 13.3. The number of hydrogen-bond donors (Lipinski definition) is 1. The SMILES string of the molecule is CCC(CC)N(CC(C)C)c1ccc(C(=O)O)cc1. The summed E-state index contributed by atoms with van der Waals surface area (Å²) in [5, 5.41) is 8.95. The normalized spacial score (nSPS) is 11.1. The first kappa shape index (κ1) is 15.5. The second kappa shape index (κ2) is 7.17. The van der Waals surface area contributed by atoms with Crippen molar-refractivity contribution in [2.75, 3.05) is 11.4 Å². The Morgan fingerprint density at radius 1 is 1.16 bits per heavy atom. The van der Waals surface area contributed by atoms with Crippen LogP contribution >= 0.6 is 0 Å². The molecule has 0 aliphatic rings. The van der Waals surface area contributed by atoms with E-state index in [0.717, 1.165) is 25.1 Å². The second-order valence-electron chi connectivity index (χ2n) is 5.37. The smallest absolute Gasteiger partial charge is 0.335 e. The molecule has 0 aromatic heterocycles. The molecular formula is C16H25NO2. The quantitative estimate of drug-likeness (QED) is 0.807. The molecule has 106 valence electrons. The summed E-state index contributed by atoms with van der Waals surface area (Å²) in [6, 6.07) is 7.73. The van der Waals surface area contributed by atoms with Gasteiger partial charge in [-0.3, -0.25) is 0 Å². The summed E-state index contributed by atoms with van der Waals surface area (Å²) in [5.74, 6) is -0.288. The molecule has 1 aromatic rings. The molecule has 0 atom stereocenters. The monoisotopic (exact) mass is 263 g/mol. The van der Waals surface area contributed by atoms with Crippen LogP contribution in [0.1, 0.15) is 50.9 Å². The van der Waals surface area contributed by atoms with Gasteiger partial charge in [-0.1, -0.05) is 27.7 Å². The number of rotatable bonds is 7. The zero-order valence-corrected chi connectivity index (χ0v) is 12.4. The van der Waals surface area contributed by atoms with Crippen LogP contribution < -0.4 is 4.90 Å². The zero-order valence-electron chi connectivity index (χ0n) is 12.4. The van der Waals surface area contributed by atoms with Crippen molar-refractivity contribution in [1.82, 2.24) is 0 Å². The number of aromatic carboxylic acids is 1. The maximum atomic E-state index is 10.9. The third kappa shape index (κ3) is 4.27. The van der Waals surface area contributed by atoms with E-state index in [0.29, 0.717) is 17.5 Å². The highest BCUT2D eigenvalue weighted by atomic mass is 16.4. The topological polar surface area (TPSA) is 40.5 Å². The molecule has 0 saturated heterocycles. The standard InChI is InChI=1S/C16H25NO2/c1-5-14(6-2)17(11-12(3)4)15-9-7-13(8-10-15)16(18)19/h7-10,12,14H,5-6,11H2,1-4H3,(H,18,19). The molecule has 0 bridgehead atoms. The number of hydrogen-bond acceptors (Lipinski definition) is 2. The van der Waals surface area contributed by atoms with Gasteiger partial charge in [0.25, 0.3) is 0 Å². The van der Waals surface area contributed by atoms with Crippen molar-refractivity contribution >= 4 is 11.7 Å². The number of carbonyl (C=O) groups is 1. The fraction of sp³-hybridized carbons (Fsp3) is 0.562. The molecule has 1 aromatic carbocycles. The molecule has 0 spiro atoms. The maximum absolute atomic E-state index is 10.9. The number of carboxylic acid groups (broad SMARTS) is 1. The fourth-order valence-electron chi connectivity index (χ4n) is 2.38. The summed E-state index contributed by atoms with van der Waals surface area (Å²) in [5.41, 5.74) is 1.46. The van der Waals surface area contributed by atoms with Gasteiger partial charge in [-0.05, 0) is 43.0 Å². The molecule has 3 nitrogen and oxygen atoms in total.